The van der Waals surface area contributed by atoms with Gasteiger partial charge in [-0.1, -0.05) is 13.3 Å². The number of hydrogen-bond donors (Lipinski definition) is 2. The number of carbonyl (C=O) groups is 1. The van der Waals surface area contributed by atoms with Crippen LogP contribution in [0.25, 0.3) is 0 Å². The third-order valence-electron chi connectivity index (χ3n) is 4.33. The van der Waals surface area contributed by atoms with Crippen LogP contribution in [-0.4, -0.2) is 44.0 Å². The average Bonchev–Trinajstić information content (AvgIpc) is 2.77. The van der Waals surface area contributed by atoms with Crippen LogP contribution < -0.4 is 10.6 Å². The van der Waals surface area contributed by atoms with Gasteiger partial charge in [0.25, 0.3) is 0 Å². The second-order valence-electron chi connectivity index (χ2n) is 6.44. The minimum atomic E-state index is -0.523. The number of nitrogens with one attached hydrogen (secondary N) is 2. The van der Waals surface area contributed by atoms with Crippen molar-refractivity contribution in [2.75, 3.05) is 26.2 Å². The van der Waals surface area contributed by atoms with Gasteiger partial charge in [0.1, 0.15) is 6.10 Å². The quantitative estimate of drug-likeness (QED) is 0.802. The monoisotopic (exact) mass is 284 g/mol. The van der Waals surface area contributed by atoms with Gasteiger partial charge in [0.15, 0.2) is 5.79 Å². The molecule has 2 aliphatic rings. The minimum absolute atomic E-state index is 0.0330. The molecular weight excluding hydrogens is 256 g/mol. The van der Waals surface area contributed by atoms with Gasteiger partial charge in [0.2, 0.25) is 5.91 Å². The highest BCUT2D eigenvalue weighted by Crippen LogP contribution is 2.34. The molecule has 2 rings (SSSR count). The van der Waals surface area contributed by atoms with Crippen LogP contribution in [0.1, 0.15) is 46.5 Å². The second kappa shape index (κ2) is 6.41. The summed E-state index contributed by atoms with van der Waals surface area (Å²) in [4.78, 5) is 12.6. The van der Waals surface area contributed by atoms with Crippen molar-refractivity contribution in [2.45, 2.75) is 58.3 Å². The molecule has 1 atom stereocenters. The van der Waals surface area contributed by atoms with E-state index in [1.54, 1.807) is 0 Å². The van der Waals surface area contributed by atoms with Crippen LogP contribution in [-0.2, 0) is 14.3 Å². The van der Waals surface area contributed by atoms with Crippen molar-refractivity contribution >= 4 is 5.91 Å². The van der Waals surface area contributed by atoms with Crippen LogP contribution in [0.4, 0.5) is 0 Å². The Kier molecular flexibility index (Phi) is 5.04. The van der Waals surface area contributed by atoms with Crippen LogP contribution in [0, 0.1) is 5.41 Å². The zero-order chi connectivity index (χ0) is 14.6. The summed E-state index contributed by atoms with van der Waals surface area (Å²) in [5, 5.41) is 6.42. The van der Waals surface area contributed by atoms with Crippen molar-refractivity contribution in [1.29, 1.82) is 0 Å². The summed E-state index contributed by atoms with van der Waals surface area (Å²) in [5.41, 5.74) is -0.186. The molecule has 0 spiro atoms. The zero-order valence-electron chi connectivity index (χ0n) is 13.0. The summed E-state index contributed by atoms with van der Waals surface area (Å²) in [6.45, 7) is 8.91. The molecule has 20 heavy (non-hydrogen) atoms. The molecule has 1 unspecified atom stereocenters. The lowest BCUT2D eigenvalue weighted by Crippen LogP contribution is -2.49. The maximum atomic E-state index is 12.6. The first-order valence-corrected chi connectivity index (χ1v) is 7.78. The molecule has 2 fully saturated rings. The number of piperidine rings is 1. The number of carbonyl (C=O) groups excluding carboxylic acids is 1. The van der Waals surface area contributed by atoms with Gasteiger partial charge in [-0.15, -0.1) is 0 Å². The van der Waals surface area contributed by atoms with Crippen molar-refractivity contribution in [3.8, 4) is 0 Å². The van der Waals surface area contributed by atoms with Gasteiger partial charge in [0.05, 0.1) is 12.0 Å². The fraction of sp³-hybridized carbons (Fsp3) is 0.933. The number of ether oxygens (including phenoxy) is 2. The Bertz CT molecular complexity index is 333. The molecule has 0 saturated carbocycles. The van der Waals surface area contributed by atoms with E-state index in [2.05, 4.69) is 17.6 Å². The van der Waals surface area contributed by atoms with E-state index in [0.717, 1.165) is 38.8 Å². The van der Waals surface area contributed by atoms with E-state index in [1.807, 2.05) is 13.8 Å². The van der Waals surface area contributed by atoms with Gasteiger partial charge < -0.3 is 20.1 Å². The first kappa shape index (κ1) is 15.7. The van der Waals surface area contributed by atoms with Gasteiger partial charge in [0, 0.05) is 6.54 Å². The van der Waals surface area contributed by atoms with E-state index < -0.39 is 5.79 Å². The number of hydrogen-bond acceptors (Lipinski definition) is 4. The van der Waals surface area contributed by atoms with E-state index in [-0.39, 0.29) is 17.4 Å². The van der Waals surface area contributed by atoms with Crippen LogP contribution in [0.3, 0.4) is 0 Å². The summed E-state index contributed by atoms with van der Waals surface area (Å²) in [6, 6.07) is 0. The Morgan fingerprint density at radius 3 is 2.60 bits per heavy atom. The Hall–Kier alpha value is -0.650. The molecule has 0 aromatic carbocycles. The highest BCUT2D eigenvalue weighted by atomic mass is 16.7. The van der Waals surface area contributed by atoms with Gasteiger partial charge in [-0.05, 0) is 46.2 Å². The number of rotatable bonds is 5. The second-order valence-corrected chi connectivity index (χ2v) is 6.44. The van der Waals surface area contributed by atoms with E-state index >= 15 is 0 Å². The predicted molar refractivity (Wildman–Crippen MR) is 77.4 cm³/mol. The highest BCUT2D eigenvalue weighted by molar-refractivity contribution is 5.82. The normalized spacial score (nSPS) is 28.2. The van der Waals surface area contributed by atoms with Gasteiger partial charge in [-0.3, -0.25) is 4.79 Å². The maximum Gasteiger partial charge on any atom is 0.226 e. The largest absolute Gasteiger partial charge is 0.353 e. The molecule has 5 heteroatoms. The van der Waals surface area contributed by atoms with E-state index in [1.165, 1.54) is 0 Å². The Morgan fingerprint density at radius 1 is 1.35 bits per heavy atom. The van der Waals surface area contributed by atoms with Gasteiger partial charge >= 0.3 is 0 Å². The van der Waals surface area contributed by atoms with Gasteiger partial charge in [-0.2, -0.15) is 0 Å². The molecule has 0 radical (unpaired) electrons. The third kappa shape index (κ3) is 3.71. The molecule has 2 saturated heterocycles. The lowest BCUT2D eigenvalue weighted by molar-refractivity contribution is -0.142. The molecule has 2 N–H and O–H groups in total. The highest BCUT2D eigenvalue weighted by Gasteiger charge is 2.39. The first-order valence-electron chi connectivity index (χ1n) is 7.78. The van der Waals surface area contributed by atoms with E-state index in [9.17, 15) is 4.79 Å². The average molecular weight is 284 g/mol. The lowest BCUT2D eigenvalue weighted by atomic mass is 9.74. The summed E-state index contributed by atoms with van der Waals surface area (Å²) in [6.07, 6.45) is 3.84. The van der Waals surface area contributed by atoms with Crippen molar-refractivity contribution < 1.29 is 14.3 Å². The van der Waals surface area contributed by atoms with Crippen molar-refractivity contribution in [2.24, 2.45) is 5.41 Å². The van der Waals surface area contributed by atoms with Crippen molar-refractivity contribution in [1.82, 2.24) is 10.6 Å². The van der Waals surface area contributed by atoms with E-state index in [0.29, 0.717) is 13.2 Å². The summed E-state index contributed by atoms with van der Waals surface area (Å²) < 4.78 is 11.2. The van der Waals surface area contributed by atoms with Crippen LogP contribution in [0.5, 0.6) is 0 Å². The minimum Gasteiger partial charge on any atom is -0.353 e. The topological polar surface area (TPSA) is 59.6 Å². The van der Waals surface area contributed by atoms with E-state index in [4.69, 9.17) is 9.47 Å². The van der Waals surface area contributed by atoms with Gasteiger partial charge in [-0.25, -0.2) is 0 Å². The molecule has 116 valence electrons. The lowest BCUT2D eigenvalue weighted by Gasteiger charge is -2.36. The Labute approximate surface area is 121 Å². The first-order chi connectivity index (χ1) is 9.47. The smallest absolute Gasteiger partial charge is 0.226 e. The molecule has 2 heterocycles. The molecule has 0 aliphatic carbocycles. The zero-order valence-corrected chi connectivity index (χ0v) is 13.0. The maximum absolute atomic E-state index is 12.6. The summed E-state index contributed by atoms with van der Waals surface area (Å²) in [5.74, 6) is -0.334. The van der Waals surface area contributed by atoms with Crippen molar-refractivity contribution in [3.05, 3.63) is 0 Å². The molecular formula is C15H28N2O3. The van der Waals surface area contributed by atoms with Crippen molar-refractivity contribution in [3.63, 3.8) is 0 Å². The SMILES string of the molecule is CCCC1(C(=O)NCC2COC(C)(C)O2)CCNCC1. The fourth-order valence-electron chi connectivity index (χ4n) is 3.23. The molecule has 1 amide bonds. The molecule has 0 bridgehead atoms. The van der Waals surface area contributed by atoms with Crippen LogP contribution >= 0.6 is 0 Å². The molecule has 5 nitrogen and oxygen atoms in total. The molecule has 0 aromatic heterocycles. The van der Waals surface area contributed by atoms with Crippen LogP contribution in [0.15, 0.2) is 0 Å². The predicted octanol–water partition coefficient (Wildman–Crippen LogP) is 1.42. The molecule has 2 aliphatic heterocycles. The fourth-order valence-corrected chi connectivity index (χ4v) is 3.23. The Morgan fingerprint density at radius 2 is 2.05 bits per heavy atom. The van der Waals surface area contributed by atoms with Crippen LogP contribution in [0.2, 0.25) is 0 Å². The number of amides is 1. The summed E-state index contributed by atoms with van der Waals surface area (Å²) >= 11 is 0. The summed E-state index contributed by atoms with van der Waals surface area (Å²) in [7, 11) is 0. The third-order valence-corrected chi connectivity index (χ3v) is 4.33. The molecule has 0 aromatic rings. The Balaban J connectivity index is 1.86. The standard InChI is InChI=1S/C15H28N2O3/c1-4-5-15(6-8-16-9-7-15)13(18)17-10-12-11-19-14(2,3)20-12/h12,16H,4-11H2,1-3H3,(H,17,18).